The Morgan fingerprint density at radius 3 is 0.444 bits per heavy atom. The van der Waals surface area contributed by atoms with Gasteiger partial charge < -0.3 is 73.3 Å². The van der Waals surface area contributed by atoms with Gasteiger partial charge in [-0.25, -0.2) is 0 Å². The maximum Gasteiger partial charge on any atom is 3.00 e. The maximum absolute atomic E-state index is 8.25. The Labute approximate surface area is 127 Å². The number of nitrogens with zero attached hydrogens (tertiary/aromatic N) is 3. The van der Waals surface area contributed by atoms with Gasteiger partial charge in [-0.2, -0.15) is 0 Å². The molecule has 0 spiro atoms. The molecule has 0 rings (SSSR count). The van der Waals surface area contributed by atoms with Crippen LogP contribution in [0.1, 0.15) is 0 Å². The van der Waals surface area contributed by atoms with Gasteiger partial charge in [-0.1, -0.05) is 0 Å². The summed E-state index contributed by atoms with van der Waals surface area (Å²) in [5.41, 5.74) is 0. The first kappa shape index (κ1) is 69.6. The van der Waals surface area contributed by atoms with E-state index in [0.717, 1.165) is 0 Å². The Balaban J connectivity index is -0.00000000827. The molecule has 1 radical (unpaired) electrons. The molecule has 0 bridgehead atoms. The van der Waals surface area contributed by atoms with Crippen LogP contribution in [0.5, 0.6) is 0 Å². The standard InChI is InChI=1S/Dy.3NO3.5H2O/c;3*2-1(3)4;;;;;/h;;;;5*1H2/q+3;3*-1;;;;;. The van der Waals surface area contributed by atoms with E-state index in [1.54, 1.807) is 0 Å². The molecule has 119 valence electrons. The molecule has 18 heavy (non-hydrogen) atoms. The minimum Gasteiger partial charge on any atom is -0.412 e. The summed E-state index contributed by atoms with van der Waals surface area (Å²) in [4.78, 5) is 24.8. The van der Waals surface area contributed by atoms with Gasteiger partial charge in [0, 0.05) is 0 Å². The Kier molecular flexibility index (Phi) is 222. The second-order valence-electron chi connectivity index (χ2n) is 0.671. The molecule has 18 heteroatoms. The Hall–Kier alpha value is -1.33. The van der Waals surface area contributed by atoms with E-state index in [4.69, 9.17) is 46.0 Å². The first-order valence-electron chi connectivity index (χ1n) is 1.64. The smallest absolute Gasteiger partial charge is 0.412 e. The molecule has 17 nitrogen and oxygen atoms in total. The SMILES string of the molecule is O.O.O.O.O.O=[N+]([O-])[O-].O=[N+]([O-])[O-].O=[N+]([O-])[O-].[Dy+3]. The maximum atomic E-state index is 8.25. The average molecular weight is 439 g/mol. The molecule has 0 aliphatic rings. The predicted octanol–water partition coefficient (Wildman–Crippen LogP) is -4.84. The normalized spacial score (nSPS) is 4.00. The second kappa shape index (κ2) is 57.3. The van der Waals surface area contributed by atoms with Crippen molar-refractivity contribution in [2.75, 3.05) is 0 Å². The van der Waals surface area contributed by atoms with E-state index in [-0.39, 0.29) is 65.6 Å². The van der Waals surface area contributed by atoms with E-state index in [9.17, 15) is 0 Å². The van der Waals surface area contributed by atoms with Gasteiger partial charge in [-0.05, 0) is 0 Å². The predicted molar refractivity (Wildman–Crippen MR) is 49.2 cm³/mol. The van der Waals surface area contributed by atoms with E-state index in [0.29, 0.717) is 0 Å². The molecule has 0 aliphatic heterocycles. The zero-order valence-electron chi connectivity index (χ0n) is 7.83. The first-order valence-corrected chi connectivity index (χ1v) is 1.64. The zero-order chi connectivity index (χ0) is 10.7. The zero-order valence-corrected chi connectivity index (χ0v) is 9.86. The second-order valence-corrected chi connectivity index (χ2v) is 0.671. The number of hydrogen-bond donors (Lipinski definition) is 0. The summed E-state index contributed by atoms with van der Waals surface area (Å²) in [6.45, 7) is 0. The fourth-order valence-electron chi connectivity index (χ4n) is 0. The van der Waals surface area contributed by atoms with E-state index < -0.39 is 15.3 Å². The molecule has 0 unspecified atom stereocenters. The molecular formula is H10DyN3O14. The summed E-state index contributed by atoms with van der Waals surface area (Å²) in [5.74, 6) is 0. The summed E-state index contributed by atoms with van der Waals surface area (Å²) in [7, 11) is 0. The van der Waals surface area contributed by atoms with Crippen LogP contribution < -0.4 is 0 Å². The first-order chi connectivity index (χ1) is 5.20. The molecule has 0 heterocycles. The third-order valence-corrected chi connectivity index (χ3v) is 0. The molecule has 0 atom stereocenters. The van der Waals surface area contributed by atoms with Crippen LogP contribution in [0.25, 0.3) is 0 Å². The van der Waals surface area contributed by atoms with Gasteiger partial charge in [0.25, 0.3) is 0 Å². The van der Waals surface area contributed by atoms with Crippen molar-refractivity contribution < 1.29 is 80.8 Å². The monoisotopic (exact) mass is 440 g/mol. The van der Waals surface area contributed by atoms with Gasteiger partial charge in [0.15, 0.2) is 0 Å². The summed E-state index contributed by atoms with van der Waals surface area (Å²) in [6.07, 6.45) is 0. The van der Waals surface area contributed by atoms with Gasteiger partial charge in [0.2, 0.25) is 0 Å². The van der Waals surface area contributed by atoms with Crippen LogP contribution in [-0.2, 0) is 0 Å². The molecule has 0 aromatic carbocycles. The van der Waals surface area contributed by atoms with Crippen molar-refractivity contribution in [1.82, 2.24) is 0 Å². The van der Waals surface area contributed by atoms with E-state index in [2.05, 4.69) is 0 Å². The van der Waals surface area contributed by atoms with Crippen LogP contribution in [-0.4, -0.2) is 42.6 Å². The Morgan fingerprint density at radius 2 is 0.444 bits per heavy atom. The molecule has 0 amide bonds. The summed E-state index contributed by atoms with van der Waals surface area (Å²) < 4.78 is 0. The van der Waals surface area contributed by atoms with E-state index >= 15 is 0 Å². The van der Waals surface area contributed by atoms with Crippen molar-refractivity contribution in [1.29, 1.82) is 0 Å². The van der Waals surface area contributed by atoms with Crippen molar-refractivity contribution in [2.45, 2.75) is 0 Å². The van der Waals surface area contributed by atoms with E-state index in [1.807, 2.05) is 0 Å². The number of hydrogen-bond acceptors (Lipinski definition) is 9. The molecule has 10 N–H and O–H groups in total. The quantitative estimate of drug-likeness (QED) is 0.258. The minimum atomic E-state index is -1.75. The summed E-state index contributed by atoms with van der Waals surface area (Å²) in [6, 6.07) is 0. The largest absolute Gasteiger partial charge is 3.00 e. The van der Waals surface area contributed by atoms with Crippen LogP contribution in [0.2, 0.25) is 0 Å². The van der Waals surface area contributed by atoms with Crippen molar-refractivity contribution >= 4 is 0 Å². The summed E-state index contributed by atoms with van der Waals surface area (Å²) in [5, 5.41) is 44.2. The van der Waals surface area contributed by atoms with Gasteiger partial charge in [0.1, 0.15) is 0 Å². The van der Waals surface area contributed by atoms with Crippen molar-refractivity contribution in [2.24, 2.45) is 0 Å². The fraction of sp³-hybridized carbons (Fsp3) is 0. The third-order valence-electron chi connectivity index (χ3n) is 0. The van der Waals surface area contributed by atoms with Gasteiger partial charge in [-0.15, -0.1) is 0 Å². The third kappa shape index (κ3) is 1560. The summed E-state index contributed by atoms with van der Waals surface area (Å²) >= 11 is 0. The Bertz CT molecular complexity index is 115. The van der Waals surface area contributed by atoms with Crippen LogP contribution in [0.4, 0.5) is 0 Å². The topological polar surface area (TPSA) is 356 Å². The van der Waals surface area contributed by atoms with E-state index in [1.165, 1.54) is 0 Å². The van der Waals surface area contributed by atoms with Gasteiger partial charge in [0.05, 0.1) is 15.3 Å². The fourth-order valence-corrected chi connectivity index (χ4v) is 0. The average Bonchev–Trinajstić information content (AvgIpc) is 1.54. The van der Waals surface area contributed by atoms with Crippen LogP contribution in [0.3, 0.4) is 0 Å². The molecule has 0 aromatic heterocycles. The molecule has 0 fully saturated rings. The molecule has 0 saturated carbocycles. The van der Waals surface area contributed by atoms with Crippen molar-refractivity contribution in [3.05, 3.63) is 46.0 Å². The van der Waals surface area contributed by atoms with Crippen molar-refractivity contribution in [3.8, 4) is 0 Å². The molecule has 0 saturated heterocycles. The number of rotatable bonds is 0. The van der Waals surface area contributed by atoms with Crippen molar-refractivity contribution in [3.63, 3.8) is 0 Å². The molecule has 0 aliphatic carbocycles. The van der Waals surface area contributed by atoms with Crippen LogP contribution >= 0.6 is 0 Å². The van der Waals surface area contributed by atoms with Crippen LogP contribution in [0, 0.1) is 84.1 Å². The van der Waals surface area contributed by atoms with Crippen LogP contribution in [0.15, 0.2) is 0 Å². The van der Waals surface area contributed by atoms with Gasteiger partial charge in [-0.3, -0.25) is 0 Å². The molecular weight excluding hydrogens is 429 g/mol. The molecule has 0 aromatic rings. The minimum absolute atomic E-state index is 0. The Morgan fingerprint density at radius 1 is 0.444 bits per heavy atom. The van der Waals surface area contributed by atoms with Gasteiger partial charge >= 0.3 is 38.2 Å².